The Bertz CT molecular complexity index is 485. The van der Waals surface area contributed by atoms with E-state index in [2.05, 4.69) is 17.2 Å². The molecule has 0 radical (unpaired) electrons. The molecule has 1 heterocycles. The maximum Gasteiger partial charge on any atom is 0.0795 e. The smallest absolute Gasteiger partial charge is 0.0795 e. The van der Waals surface area contributed by atoms with Gasteiger partial charge in [0.1, 0.15) is 0 Å². The minimum atomic E-state index is 0.214. The first-order valence-electron chi connectivity index (χ1n) is 5.22. The second kappa shape index (κ2) is 5.83. The van der Waals surface area contributed by atoms with E-state index in [1.807, 2.05) is 29.1 Å². The van der Waals surface area contributed by atoms with Crippen molar-refractivity contribution in [3.05, 3.63) is 50.4 Å². The summed E-state index contributed by atoms with van der Waals surface area (Å²) in [6.07, 6.45) is 0. The average molecular weight is 287 g/mol. The molecular formula is C12H12Cl2N2S. The molecule has 17 heavy (non-hydrogen) atoms. The fourth-order valence-electron chi connectivity index (χ4n) is 1.48. The van der Waals surface area contributed by atoms with Crippen LogP contribution in [-0.4, -0.2) is 4.98 Å². The summed E-state index contributed by atoms with van der Waals surface area (Å²) >= 11 is 13.5. The molecule has 0 aliphatic rings. The Morgan fingerprint density at radius 3 is 2.82 bits per heavy atom. The molecule has 2 nitrogen and oxygen atoms in total. The van der Waals surface area contributed by atoms with Crippen molar-refractivity contribution in [1.29, 1.82) is 0 Å². The molecule has 2 rings (SSSR count). The Balaban J connectivity index is 1.99. The molecule has 5 heteroatoms. The molecule has 1 aromatic heterocycles. The van der Waals surface area contributed by atoms with Crippen molar-refractivity contribution in [1.82, 2.24) is 10.3 Å². The van der Waals surface area contributed by atoms with Crippen LogP contribution in [0.2, 0.25) is 10.0 Å². The summed E-state index contributed by atoms with van der Waals surface area (Å²) in [4.78, 5) is 4.22. The fraction of sp³-hybridized carbons (Fsp3) is 0.250. The number of rotatable bonds is 4. The second-order valence-electron chi connectivity index (χ2n) is 3.76. The van der Waals surface area contributed by atoms with E-state index in [0.29, 0.717) is 10.0 Å². The molecule has 0 bridgehead atoms. The van der Waals surface area contributed by atoms with Gasteiger partial charge in [0, 0.05) is 18.0 Å². The van der Waals surface area contributed by atoms with E-state index in [-0.39, 0.29) is 6.04 Å². The molecule has 0 fully saturated rings. The highest BCUT2D eigenvalue weighted by Gasteiger charge is 2.07. The summed E-state index contributed by atoms with van der Waals surface area (Å²) in [7, 11) is 0. The lowest BCUT2D eigenvalue weighted by Crippen LogP contribution is -2.18. The first-order valence-corrected chi connectivity index (χ1v) is 6.92. The number of halogens is 2. The number of aromatic nitrogens is 1. The van der Waals surface area contributed by atoms with Gasteiger partial charge in [-0.2, -0.15) is 0 Å². The van der Waals surface area contributed by atoms with Crippen LogP contribution in [0.15, 0.2) is 29.1 Å². The number of thiazole rings is 1. The lowest BCUT2D eigenvalue weighted by molar-refractivity contribution is 0.569. The zero-order valence-corrected chi connectivity index (χ0v) is 11.6. The first kappa shape index (κ1) is 12.8. The summed E-state index contributed by atoms with van der Waals surface area (Å²) in [5, 5.41) is 6.60. The normalized spacial score (nSPS) is 12.6. The predicted octanol–water partition coefficient (Wildman–Crippen LogP) is 4.30. The molecule has 1 atom stereocenters. The molecule has 1 unspecified atom stereocenters. The van der Waals surface area contributed by atoms with E-state index < -0.39 is 0 Å². The lowest BCUT2D eigenvalue weighted by Gasteiger charge is -2.14. The van der Waals surface area contributed by atoms with Crippen molar-refractivity contribution in [2.45, 2.75) is 19.5 Å². The minimum Gasteiger partial charge on any atom is -0.305 e. The van der Waals surface area contributed by atoms with E-state index in [4.69, 9.17) is 23.2 Å². The van der Waals surface area contributed by atoms with E-state index in [9.17, 15) is 0 Å². The van der Waals surface area contributed by atoms with Crippen molar-refractivity contribution in [3.8, 4) is 0 Å². The third-order valence-corrected chi connectivity index (χ3v) is 3.89. The van der Waals surface area contributed by atoms with E-state index in [1.54, 1.807) is 11.3 Å². The number of nitrogens with one attached hydrogen (secondary N) is 1. The molecule has 1 N–H and O–H groups in total. The molecule has 2 aromatic rings. The quantitative estimate of drug-likeness (QED) is 0.906. The standard InChI is InChI=1S/C12H12Cl2N2S/c1-8(15-5-10-6-17-7-16-10)9-2-3-11(13)12(14)4-9/h2-4,6-8,15H,5H2,1H3. The van der Waals surface area contributed by atoms with E-state index >= 15 is 0 Å². The van der Waals surface area contributed by atoms with E-state index in [0.717, 1.165) is 17.8 Å². The van der Waals surface area contributed by atoms with Crippen LogP contribution in [0.3, 0.4) is 0 Å². The zero-order chi connectivity index (χ0) is 12.3. The Morgan fingerprint density at radius 2 is 2.18 bits per heavy atom. The Morgan fingerprint density at radius 1 is 1.35 bits per heavy atom. The second-order valence-corrected chi connectivity index (χ2v) is 5.29. The van der Waals surface area contributed by atoms with Gasteiger partial charge in [-0.05, 0) is 24.6 Å². The van der Waals surface area contributed by atoms with Crippen molar-refractivity contribution < 1.29 is 0 Å². The SMILES string of the molecule is CC(NCc1cscn1)c1ccc(Cl)c(Cl)c1. The topological polar surface area (TPSA) is 24.9 Å². The van der Waals surface area contributed by atoms with Gasteiger partial charge >= 0.3 is 0 Å². The van der Waals surface area contributed by atoms with Gasteiger partial charge in [-0.25, -0.2) is 4.98 Å². The van der Waals surface area contributed by atoms with Crippen molar-refractivity contribution >= 4 is 34.5 Å². The molecule has 0 saturated heterocycles. The molecule has 0 aliphatic carbocycles. The zero-order valence-electron chi connectivity index (χ0n) is 9.28. The summed E-state index contributed by atoms with van der Waals surface area (Å²) in [6.45, 7) is 2.84. The Labute approximate surface area is 115 Å². The molecule has 0 aliphatic heterocycles. The first-order chi connectivity index (χ1) is 8.16. The Kier molecular flexibility index (Phi) is 4.40. The number of nitrogens with zero attached hydrogens (tertiary/aromatic N) is 1. The highest BCUT2D eigenvalue weighted by Crippen LogP contribution is 2.25. The van der Waals surface area contributed by atoms with Crippen LogP contribution in [-0.2, 0) is 6.54 Å². The summed E-state index contributed by atoms with van der Waals surface area (Å²) in [5.74, 6) is 0. The van der Waals surface area contributed by atoms with Crippen molar-refractivity contribution in [2.75, 3.05) is 0 Å². The number of hydrogen-bond donors (Lipinski definition) is 1. The minimum absolute atomic E-state index is 0.214. The van der Waals surface area contributed by atoms with Crippen LogP contribution in [0.4, 0.5) is 0 Å². The van der Waals surface area contributed by atoms with Crippen LogP contribution in [0.5, 0.6) is 0 Å². The number of hydrogen-bond acceptors (Lipinski definition) is 3. The fourth-order valence-corrected chi connectivity index (χ4v) is 2.35. The lowest BCUT2D eigenvalue weighted by atomic mass is 10.1. The molecular weight excluding hydrogens is 275 g/mol. The monoisotopic (exact) mass is 286 g/mol. The molecule has 0 amide bonds. The molecule has 90 valence electrons. The summed E-state index contributed by atoms with van der Waals surface area (Å²) < 4.78 is 0. The third-order valence-electron chi connectivity index (χ3n) is 2.52. The van der Waals surface area contributed by atoms with Gasteiger partial charge < -0.3 is 5.32 Å². The number of benzene rings is 1. The van der Waals surface area contributed by atoms with Gasteiger partial charge in [-0.15, -0.1) is 11.3 Å². The van der Waals surface area contributed by atoms with Gasteiger partial charge in [0.05, 0.1) is 21.2 Å². The average Bonchev–Trinajstić information content (AvgIpc) is 2.82. The van der Waals surface area contributed by atoms with Crippen LogP contribution in [0.25, 0.3) is 0 Å². The highest BCUT2D eigenvalue weighted by atomic mass is 35.5. The Hall–Kier alpha value is -0.610. The molecule has 1 aromatic carbocycles. The van der Waals surface area contributed by atoms with Gasteiger partial charge in [0.2, 0.25) is 0 Å². The van der Waals surface area contributed by atoms with Crippen LogP contribution in [0, 0.1) is 0 Å². The summed E-state index contributed by atoms with van der Waals surface area (Å²) in [6, 6.07) is 5.90. The maximum absolute atomic E-state index is 5.99. The van der Waals surface area contributed by atoms with E-state index in [1.165, 1.54) is 0 Å². The van der Waals surface area contributed by atoms with Gasteiger partial charge in [-0.3, -0.25) is 0 Å². The molecule has 0 spiro atoms. The van der Waals surface area contributed by atoms with Gasteiger partial charge in [-0.1, -0.05) is 29.3 Å². The van der Waals surface area contributed by atoms with Gasteiger partial charge in [0.15, 0.2) is 0 Å². The van der Waals surface area contributed by atoms with Crippen LogP contribution < -0.4 is 5.32 Å². The third kappa shape index (κ3) is 3.42. The van der Waals surface area contributed by atoms with Crippen LogP contribution >= 0.6 is 34.5 Å². The predicted molar refractivity (Wildman–Crippen MR) is 73.8 cm³/mol. The molecule has 0 saturated carbocycles. The van der Waals surface area contributed by atoms with Crippen molar-refractivity contribution in [2.24, 2.45) is 0 Å². The summed E-state index contributed by atoms with van der Waals surface area (Å²) in [5.41, 5.74) is 4.01. The van der Waals surface area contributed by atoms with Gasteiger partial charge in [0.25, 0.3) is 0 Å². The largest absolute Gasteiger partial charge is 0.305 e. The van der Waals surface area contributed by atoms with Crippen LogP contribution in [0.1, 0.15) is 24.2 Å². The van der Waals surface area contributed by atoms with Crippen molar-refractivity contribution in [3.63, 3.8) is 0 Å². The maximum atomic E-state index is 5.99. The highest BCUT2D eigenvalue weighted by molar-refractivity contribution is 7.07.